The van der Waals surface area contributed by atoms with Crippen molar-refractivity contribution in [3.8, 4) is 0 Å². The van der Waals surface area contributed by atoms with E-state index in [1.807, 2.05) is 6.26 Å². The number of anilines is 1. The number of benzene rings is 1. The van der Waals surface area contributed by atoms with E-state index in [9.17, 15) is 19.6 Å². The minimum absolute atomic E-state index is 0.153. The van der Waals surface area contributed by atoms with Crippen LogP contribution in [0.25, 0.3) is 0 Å². The number of nitrogens with one attached hydrogen (secondary N) is 1. The van der Waals surface area contributed by atoms with Gasteiger partial charge in [0, 0.05) is 12.3 Å². The summed E-state index contributed by atoms with van der Waals surface area (Å²) in [6.07, 6.45) is 1.86. The highest BCUT2D eigenvalue weighted by Gasteiger charge is 2.22. The molecule has 0 aliphatic heterocycles. The molecule has 0 amide bonds. The molecule has 0 fully saturated rings. The van der Waals surface area contributed by atoms with Gasteiger partial charge in [-0.25, -0.2) is 4.39 Å². The van der Waals surface area contributed by atoms with Crippen LogP contribution >= 0.6 is 11.8 Å². The summed E-state index contributed by atoms with van der Waals surface area (Å²) in [7, 11) is 0. The topological polar surface area (TPSA) is 75.4 Å². The molecule has 1 unspecified atom stereocenters. The van der Waals surface area contributed by atoms with Crippen LogP contribution in [0, 0.1) is 15.9 Å². The minimum Gasteiger partial charge on any atom is -0.387 e. The zero-order valence-electron chi connectivity index (χ0n) is 10.1. The normalized spacial score (nSPS) is 14.0. The van der Waals surface area contributed by atoms with E-state index < -0.39 is 16.3 Å². The van der Waals surface area contributed by atoms with E-state index in [0.29, 0.717) is 5.75 Å². The van der Waals surface area contributed by atoms with Crippen LogP contribution in [0.3, 0.4) is 0 Å². The molecule has 18 heavy (non-hydrogen) atoms. The van der Waals surface area contributed by atoms with Crippen molar-refractivity contribution in [3.05, 3.63) is 34.1 Å². The van der Waals surface area contributed by atoms with Crippen LogP contribution in [-0.4, -0.2) is 34.2 Å². The highest BCUT2D eigenvalue weighted by atomic mass is 32.2. The maximum atomic E-state index is 12.9. The molecule has 100 valence electrons. The summed E-state index contributed by atoms with van der Waals surface area (Å²) in [6, 6.07) is 3.28. The summed E-state index contributed by atoms with van der Waals surface area (Å²) >= 11 is 1.47. The van der Waals surface area contributed by atoms with Crippen molar-refractivity contribution in [1.82, 2.24) is 0 Å². The van der Waals surface area contributed by atoms with Crippen LogP contribution in [0.15, 0.2) is 18.2 Å². The number of thioether (sulfide) groups is 1. The fourth-order valence-corrected chi connectivity index (χ4v) is 2.18. The Kier molecular flexibility index (Phi) is 4.92. The van der Waals surface area contributed by atoms with Gasteiger partial charge in [-0.2, -0.15) is 11.8 Å². The fraction of sp³-hybridized carbons (Fsp3) is 0.455. The van der Waals surface area contributed by atoms with Crippen LogP contribution in [0.1, 0.15) is 6.92 Å². The third-order valence-electron chi connectivity index (χ3n) is 2.27. The molecule has 2 N–H and O–H groups in total. The monoisotopic (exact) mass is 274 g/mol. The molecule has 0 aliphatic carbocycles. The number of nitro benzene ring substituents is 1. The van der Waals surface area contributed by atoms with E-state index >= 15 is 0 Å². The van der Waals surface area contributed by atoms with Gasteiger partial charge in [0.2, 0.25) is 0 Å². The van der Waals surface area contributed by atoms with Crippen molar-refractivity contribution in [2.45, 2.75) is 12.5 Å². The average molecular weight is 274 g/mol. The summed E-state index contributed by atoms with van der Waals surface area (Å²) in [4.78, 5) is 10.1. The van der Waals surface area contributed by atoms with Gasteiger partial charge in [0.1, 0.15) is 11.5 Å². The van der Waals surface area contributed by atoms with Crippen LogP contribution in [0.2, 0.25) is 0 Å². The van der Waals surface area contributed by atoms with Crippen LogP contribution in [-0.2, 0) is 0 Å². The van der Waals surface area contributed by atoms with Crippen molar-refractivity contribution >= 4 is 23.1 Å². The first kappa shape index (κ1) is 14.7. The SMILES string of the molecule is CSCC(C)(O)CNc1ccc(F)cc1[N+](=O)[O-]. The first-order valence-electron chi connectivity index (χ1n) is 5.25. The molecule has 0 heterocycles. The van der Waals surface area contributed by atoms with E-state index in [-0.39, 0.29) is 17.9 Å². The third kappa shape index (κ3) is 4.15. The third-order valence-corrected chi connectivity index (χ3v) is 3.18. The number of nitrogens with zero attached hydrogens (tertiary/aromatic N) is 1. The lowest BCUT2D eigenvalue weighted by molar-refractivity contribution is -0.384. The Morgan fingerprint density at radius 1 is 1.61 bits per heavy atom. The summed E-state index contributed by atoms with van der Waals surface area (Å²) in [5, 5.41) is 23.5. The lowest BCUT2D eigenvalue weighted by Crippen LogP contribution is -2.36. The number of nitro groups is 1. The molecule has 7 heteroatoms. The van der Waals surface area contributed by atoms with E-state index in [1.54, 1.807) is 6.92 Å². The second kappa shape index (κ2) is 6.01. The van der Waals surface area contributed by atoms with E-state index in [1.165, 1.54) is 17.8 Å². The van der Waals surface area contributed by atoms with E-state index in [4.69, 9.17) is 0 Å². The minimum atomic E-state index is -0.984. The summed E-state index contributed by atoms with van der Waals surface area (Å²) in [6.45, 7) is 1.78. The largest absolute Gasteiger partial charge is 0.387 e. The predicted molar refractivity (Wildman–Crippen MR) is 70.5 cm³/mol. The van der Waals surface area contributed by atoms with Crippen molar-refractivity contribution in [2.24, 2.45) is 0 Å². The standard InChI is InChI=1S/C11H15FN2O3S/c1-11(15,7-18-2)6-13-9-4-3-8(12)5-10(9)14(16)17/h3-5,13,15H,6-7H2,1-2H3. The van der Waals surface area contributed by atoms with Gasteiger partial charge in [0.15, 0.2) is 0 Å². The summed E-state index contributed by atoms with van der Waals surface area (Å²) in [5.74, 6) is -0.169. The van der Waals surface area contributed by atoms with E-state index in [0.717, 1.165) is 12.1 Å². The quantitative estimate of drug-likeness (QED) is 0.614. The zero-order valence-corrected chi connectivity index (χ0v) is 11.0. The van der Waals surface area contributed by atoms with Crippen LogP contribution < -0.4 is 5.32 Å². The first-order chi connectivity index (χ1) is 8.35. The predicted octanol–water partition coefficient (Wildman–Crippen LogP) is 2.26. The molecule has 1 aromatic carbocycles. The number of rotatable bonds is 6. The van der Waals surface area contributed by atoms with Crippen molar-refractivity contribution in [1.29, 1.82) is 0 Å². The van der Waals surface area contributed by atoms with Crippen molar-refractivity contribution < 1.29 is 14.4 Å². The Balaban J connectivity index is 2.82. The van der Waals surface area contributed by atoms with Crippen LogP contribution in [0.5, 0.6) is 0 Å². The molecule has 0 saturated heterocycles. The van der Waals surface area contributed by atoms with Crippen molar-refractivity contribution in [2.75, 3.05) is 23.9 Å². The number of hydrogen-bond acceptors (Lipinski definition) is 5. The van der Waals surface area contributed by atoms with Crippen LogP contribution in [0.4, 0.5) is 15.8 Å². The van der Waals surface area contributed by atoms with Crippen molar-refractivity contribution in [3.63, 3.8) is 0 Å². The molecule has 1 atom stereocenters. The Morgan fingerprint density at radius 2 is 2.28 bits per heavy atom. The van der Waals surface area contributed by atoms with Gasteiger partial charge >= 0.3 is 0 Å². The molecule has 0 aromatic heterocycles. The first-order valence-corrected chi connectivity index (χ1v) is 6.64. The van der Waals surface area contributed by atoms with Gasteiger partial charge in [-0.05, 0) is 25.3 Å². The molecular formula is C11H15FN2O3S. The number of halogens is 1. The van der Waals surface area contributed by atoms with Gasteiger partial charge in [-0.1, -0.05) is 0 Å². The molecule has 1 aromatic rings. The molecule has 0 bridgehead atoms. The number of aliphatic hydroxyl groups is 1. The average Bonchev–Trinajstić information content (AvgIpc) is 2.27. The molecular weight excluding hydrogens is 259 g/mol. The lowest BCUT2D eigenvalue weighted by Gasteiger charge is -2.23. The molecule has 0 saturated carbocycles. The van der Waals surface area contributed by atoms with Gasteiger partial charge in [0.25, 0.3) is 5.69 Å². The molecule has 5 nitrogen and oxygen atoms in total. The zero-order chi connectivity index (χ0) is 13.8. The molecule has 0 aliphatic rings. The fourth-order valence-electron chi connectivity index (χ4n) is 1.45. The second-order valence-corrected chi connectivity index (χ2v) is 5.07. The van der Waals surface area contributed by atoms with Gasteiger partial charge in [-0.15, -0.1) is 0 Å². The van der Waals surface area contributed by atoms with E-state index in [2.05, 4.69) is 5.32 Å². The lowest BCUT2D eigenvalue weighted by atomic mass is 10.1. The maximum absolute atomic E-state index is 12.9. The Hall–Kier alpha value is -1.34. The van der Waals surface area contributed by atoms with Gasteiger partial charge < -0.3 is 10.4 Å². The molecule has 0 spiro atoms. The smallest absolute Gasteiger partial charge is 0.295 e. The highest BCUT2D eigenvalue weighted by Crippen LogP contribution is 2.25. The summed E-state index contributed by atoms with van der Waals surface area (Å²) < 4.78 is 12.9. The number of hydrogen-bond donors (Lipinski definition) is 2. The summed E-state index contributed by atoms with van der Waals surface area (Å²) in [5.41, 5.74) is -1.13. The highest BCUT2D eigenvalue weighted by molar-refractivity contribution is 7.98. The Bertz CT molecular complexity index is 440. The molecule has 1 rings (SSSR count). The Labute approximate surface area is 109 Å². The second-order valence-electron chi connectivity index (χ2n) is 4.20. The van der Waals surface area contributed by atoms with Gasteiger partial charge in [0.05, 0.1) is 16.6 Å². The molecule has 0 radical (unpaired) electrons. The van der Waals surface area contributed by atoms with Gasteiger partial charge in [-0.3, -0.25) is 10.1 Å². The Morgan fingerprint density at radius 3 is 2.83 bits per heavy atom. The maximum Gasteiger partial charge on any atom is 0.295 e.